The van der Waals surface area contributed by atoms with Gasteiger partial charge >= 0.3 is 80.1 Å². The predicted octanol–water partition coefficient (Wildman–Crippen LogP) is 1.59. The Hall–Kier alpha value is 1.68. The van der Waals surface area contributed by atoms with Crippen molar-refractivity contribution in [1.29, 1.82) is 0 Å². The van der Waals surface area contributed by atoms with E-state index >= 15 is 0 Å². The predicted molar refractivity (Wildman–Crippen MR) is 81.2 cm³/mol. The molecule has 0 saturated carbocycles. The van der Waals surface area contributed by atoms with Crippen molar-refractivity contribution in [2.45, 2.75) is 37.7 Å². The summed E-state index contributed by atoms with van der Waals surface area (Å²) in [6, 6.07) is 0. The molecule has 0 spiro atoms. The molecule has 0 aliphatic rings. The SMILES string of the molecule is CC(C)[CH2][Zn][CH2]C(C)C.OP(O)(O)=S.OP(O)(O)=S. The van der Waals surface area contributed by atoms with Crippen LogP contribution in [0.15, 0.2) is 0 Å². The smallest absolute Gasteiger partial charge is 0.319 e. The van der Waals surface area contributed by atoms with Crippen molar-refractivity contribution in [2.75, 3.05) is 0 Å². The van der Waals surface area contributed by atoms with Crippen LogP contribution in [-0.4, -0.2) is 29.4 Å². The summed E-state index contributed by atoms with van der Waals surface area (Å²) in [4.78, 5) is 45.3. The van der Waals surface area contributed by atoms with Crippen molar-refractivity contribution >= 4 is 37.1 Å². The molecule has 0 rings (SSSR count). The summed E-state index contributed by atoms with van der Waals surface area (Å²) in [5.41, 5.74) is 0. The zero-order valence-corrected chi connectivity index (χ0v) is 18.1. The van der Waals surface area contributed by atoms with Crippen molar-refractivity contribution in [3.05, 3.63) is 0 Å². The van der Waals surface area contributed by atoms with Gasteiger partial charge in [-0.25, -0.2) is 0 Å². The van der Waals surface area contributed by atoms with Crippen LogP contribution in [0.1, 0.15) is 27.7 Å². The van der Waals surface area contributed by atoms with Crippen molar-refractivity contribution in [3.63, 3.8) is 0 Å². The van der Waals surface area contributed by atoms with Crippen molar-refractivity contribution < 1.29 is 46.5 Å². The first-order chi connectivity index (χ1) is 8.13. The fourth-order valence-corrected chi connectivity index (χ4v) is 4.86. The number of hydrogen-bond acceptors (Lipinski definition) is 2. The zero-order chi connectivity index (χ0) is 16.3. The van der Waals surface area contributed by atoms with Crippen molar-refractivity contribution in [3.8, 4) is 0 Å². The fourth-order valence-electron chi connectivity index (χ4n) is 0.934. The van der Waals surface area contributed by atoms with Crippen LogP contribution in [0.25, 0.3) is 0 Å². The average molecular weight is 408 g/mol. The van der Waals surface area contributed by atoms with Gasteiger partial charge in [0.05, 0.1) is 0 Å². The van der Waals surface area contributed by atoms with Gasteiger partial charge < -0.3 is 29.4 Å². The third-order valence-electron chi connectivity index (χ3n) is 1.56. The molecule has 6 nitrogen and oxygen atoms in total. The van der Waals surface area contributed by atoms with E-state index in [1.807, 2.05) is 0 Å². The molecule has 0 unspecified atom stereocenters. The summed E-state index contributed by atoms with van der Waals surface area (Å²) in [7, 11) is 0. The van der Waals surface area contributed by atoms with E-state index in [0.717, 1.165) is 11.8 Å². The molecule has 116 valence electrons. The maximum atomic E-state index is 7.56. The second-order valence-electron chi connectivity index (χ2n) is 4.75. The average Bonchev–Trinajstić information content (AvgIpc) is 1.94. The quantitative estimate of drug-likeness (QED) is 0.307. The van der Waals surface area contributed by atoms with Crippen LogP contribution in [0.3, 0.4) is 0 Å². The van der Waals surface area contributed by atoms with E-state index in [2.05, 4.69) is 51.3 Å². The van der Waals surface area contributed by atoms with Gasteiger partial charge in [0, 0.05) is 0 Å². The minimum Gasteiger partial charge on any atom is -0.325 e. The number of hydrogen-bond donors (Lipinski definition) is 6. The van der Waals surface area contributed by atoms with Gasteiger partial charge in [-0.3, -0.25) is 0 Å². The van der Waals surface area contributed by atoms with Crippen LogP contribution in [0.2, 0.25) is 10.0 Å². The van der Waals surface area contributed by atoms with Crippen LogP contribution in [0, 0.1) is 11.8 Å². The standard InChI is InChI=1S/2C4H9.2H3O3PS.Zn/c2*1-4(2)3;2*1-4(2,3)5;/h2*4H,1H2,2-3H3;2*(H3,1,2,3,5);. The molecule has 0 aromatic rings. The van der Waals surface area contributed by atoms with Crippen molar-refractivity contribution in [2.24, 2.45) is 11.8 Å². The third-order valence-corrected chi connectivity index (χ3v) is 8.12. The first kappa shape index (κ1) is 25.6. The molecule has 0 bridgehead atoms. The van der Waals surface area contributed by atoms with Gasteiger partial charge in [0.2, 0.25) is 0 Å². The van der Waals surface area contributed by atoms with Gasteiger partial charge in [0.15, 0.2) is 0 Å². The largest absolute Gasteiger partial charge is 0.325 e. The maximum Gasteiger partial charge on any atom is 0.319 e. The van der Waals surface area contributed by atoms with Gasteiger partial charge in [0.1, 0.15) is 0 Å². The summed E-state index contributed by atoms with van der Waals surface area (Å²) in [5, 5.41) is 3.18. The molecule has 6 N–H and O–H groups in total. The van der Waals surface area contributed by atoms with Crippen LogP contribution < -0.4 is 0 Å². The molecule has 0 aromatic carbocycles. The van der Waals surface area contributed by atoms with Gasteiger partial charge in [-0.2, -0.15) is 0 Å². The molecule has 0 amide bonds. The normalized spacial score (nSPS) is 11.2. The van der Waals surface area contributed by atoms with E-state index in [9.17, 15) is 0 Å². The molecule has 0 saturated heterocycles. The molecule has 0 fully saturated rings. The summed E-state index contributed by atoms with van der Waals surface area (Å²) < 4.78 is 0. The Bertz CT molecular complexity index is 246. The molecule has 0 aliphatic carbocycles. The minimum absolute atomic E-state index is 0.0671. The second-order valence-corrected chi connectivity index (χ2v) is 13.6. The van der Waals surface area contributed by atoms with E-state index in [1.165, 1.54) is 0 Å². The third kappa shape index (κ3) is 104. The molecular formula is C8H24O6P2S2Zn. The molecule has 0 aromatic heterocycles. The second kappa shape index (κ2) is 13.4. The van der Waals surface area contributed by atoms with Crippen LogP contribution in [0.4, 0.5) is 0 Å². The Morgan fingerprint density at radius 2 is 0.895 bits per heavy atom. The van der Waals surface area contributed by atoms with Gasteiger partial charge in [0.25, 0.3) is 0 Å². The topological polar surface area (TPSA) is 121 Å². The van der Waals surface area contributed by atoms with E-state index < -0.39 is 13.4 Å². The summed E-state index contributed by atoms with van der Waals surface area (Å²) >= 11 is 7.14. The maximum absolute atomic E-state index is 7.56. The van der Waals surface area contributed by atoms with Gasteiger partial charge in [-0.15, -0.1) is 0 Å². The van der Waals surface area contributed by atoms with E-state index in [0.29, 0.717) is 0 Å². The molecule has 0 aliphatic heterocycles. The monoisotopic (exact) mass is 406 g/mol. The van der Waals surface area contributed by atoms with Crippen LogP contribution in [-0.2, 0) is 40.7 Å². The summed E-state index contributed by atoms with van der Waals surface area (Å²) in [6.07, 6.45) is 0. The van der Waals surface area contributed by atoms with Crippen LogP contribution in [0.5, 0.6) is 0 Å². The molecule has 0 atom stereocenters. The minimum atomic E-state index is -3.81. The molecule has 0 heterocycles. The zero-order valence-electron chi connectivity index (χ0n) is 11.7. The van der Waals surface area contributed by atoms with Crippen molar-refractivity contribution in [1.82, 2.24) is 0 Å². The Kier molecular flexibility index (Phi) is 18.0. The summed E-state index contributed by atoms with van der Waals surface area (Å²) in [6.45, 7) is 1.74. The Morgan fingerprint density at radius 1 is 0.737 bits per heavy atom. The van der Waals surface area contributed by atoms with Gasteiger partial charge in [-0.1, -0.05) is 0 Å². The molecular weight excluding hydrogens is 384 g/mol. The fraction of sp³-hybridized carbons (Fsp3) is 1.00. The first-order valence-electron chi connectivity index (χ1n) is 5.69. The first-order valence-corrected chi connectivity index (χ1v) is 15.2. The van der Waals surface area contributed by atoms with Crippen LogP contribution >= 0.6 is 13.4 Å². The Balaban J connectivity index is -0.000000219. The molecule has 11 heteroatoms. The van der Waals surface area contributed by atoms with E-state index in [1.54, 1.807) is 10.0 Å². The van der Waals surface area contributed by atoms with E-state index in [4.69, 9.17) is 29.4 Å². The van der Waals surface area contributed by atoms with E-state index in [-0.39, 0.29) is 17.1 Å². The molecule has 19 heavy (non-hydrogen) atoms. The summed E-state index contributed by atoms with van der Waals surface area (Å²) in [5.74, 6) is 1.95. The Morgan fingerprint density at radius 3 is 1.00 bits per heavy atom. The van der Waals surface area contributed by atoms with Gasteiger partial charge in [-0.05, 0) is 23.6 Å². The number of rotatable bonds is 4. The Labute approximate surface area is 133 Å². The molecule has 0 radical (unpaired) electrons.